The topological polar surface area (TPSA) is 58.3 Å². The van der Waals surface area contributed by atoms with Crippen molar-refractivity contribution in [3.8, 4) is 0 Å². The zero-order valence-corrected chi connectivity index (χ0v) is 15.6. The number of hydrogen-bond donors (Lipinski definition) is 3. The summed E-state index contributed by atoms with van der Waals surface area (Å²) in [5, 5.41) is 13.0. The fourth-order valence-corrected chi connectivity index (χ4v) is 2.40. The summed E-state index contributed by atoms with van der Waals surface area (Å²) >= 11 is 0. The zero-order chi connectivity index (χ0) is 17.6. The standard InChI is InChI=1S/C18H21F3N2O.2ClH/c19-18(20,21)15-8-4-7-14(9-15)11-23-12-17(24)16(22)10-13-5-2-1-3-6-13;;/h1-9,16-17,23-24H,10-12,22H2;2*1H/t16-,17+;;/m0../s1. The molecule has 3 nitrogen and oxygen atoms in total. The Balaban J connectivity index is 0.00000312. The molecule has 0 saturated heterocycles. The Morgan fingerprint density at radius 1 is 0.962 bits per heavy atom. The van der Waals surface area contributed by atoms with Gasteiger partial charge in [-0.2, -0.15) is 13.2 Å². The van der Waals surface area contributed by atoms with Crippen LogP contribution >= 0.6 is 24.8 Å². The lowest BCUT2D eigenvalue weighted by Crippen LogP contribution is -2.43. The fourth-order valence-electron chi connectivity index (χ4n) is 2.40. The molecule has 0 radical (unpaired) electrons. The van der Waals surface area contributed by atoms with Gasteiger partial charge in [0.2, 0.25) is 0 Å². The van der Waals surface area contributed by atoms with E-state index < -0.39 is 23.9 Å². The summed E-state index contributed by atoms with van der Waals surface area (Å²) in [5.74, 6) is 0. The van der Waals surface area contributed by atoms with Gasteiger partial charge in [0.25, 0.3) is 0 Å². The molecule has 2 aromatic carbocycles. The molecule has 2 atom stereocenters. The highest BCUT2D eigenvalue weighted by Crippen LogP contribution is 2.29. The second-order valence-corrected chi connectivity index (χ2v) is 5.75. The number of nitrogens with one attached hydrogen (secondary N) is 1. The molecule has 0 spiro atoms. The second kappa shape index (κ2) is 11.4. The third-order valence-electron chi connectivity index (χ3n) is 3.75. The van der Waals surface area contributed by atoms with Gasteiger partial charge in [0.05, 0.1) is 11.7 Å². The minimum Gasteiger partial charge on any atom is -0.390 e. The summed E-state index contributed by atoms with van der Waals surface area (Å²) in [6.07, 6.45) is -4.60. The predicted molar refractivity (Wildman–Crippen MR) is 102 cm³/mol. The maximum Gasteiger partial charge on any atom is 0.416 e. The Kier molecular flexibility index (Phi) is 10.8. The molecule has 0 heterocycles. The van der Waals surface area contributed by atoms with Gasteiger partial charge in [-0.05, 0) is 23.6 Å². The number of hydrogen-bond acceptors (Lipinski definition) is 3. The molecule has 0 bridgehead atoms. The van der Waals surface area contributed by atoms with E-state index in [9.17, 15) is 18.3 Å². The highest BCUT2D eigenvalue weighted by atomic mass is 35.5. The first kappa shape index (κ1) is 24.7. The van der Waals surface area contributed by atoms with E-state index in [0.717, 1.165) is 17.7 Å². The monoisotopic (exact) mass is 410 g/mol. The van der Waals surface area contributed by atoms with Crippen LogP contribution < -0.4 is 11.1 Å². The summed E-state index contributed by atoms with van der Waals surface area (Å²) in [4.78, 5) is 0. The Bertz CT molecular complexity index is 642. The van der Waals surface area contributed by atoms with E-state index >= 15 is 0 Å². The predicted octanol–water partition coefficient (Wildman–Crippen LogP) is 3.57. The third kappa shape index (κ3) is 7.93. The first-order valence-electron chi connectivity index (χ1n) is 7.70. The summed E-state index contributed by atoms with van der Waals surface area (Å²) in [5.41, 5.74) is 6.83. The van der Waals surface area contributed by atoms with Crippen molar-refractivity contribution in [3.05, 3.63) is 71.3 Å². The van der Waals surface area contributed by atoms with Gasteiger partial charge >= 0.3 is 6.18 Å². The molecule has 146 valence electrons. The van der Waals surface area contributed by atoms with Crippen LogP contribution in [-0.4, -0.2) is 23.8 Å². The summed E-state index contributed by atoms with van der Waals surface area (Å²) < 4.78 is 38.0. The van der Waals surface area contributed by atoms with Crippen LogP contribution in [0.15, 0.2) is 54.6 Å². The zero-order valence-electron chi connectivity index (χ0n) is 13.9. The van der Waals surface area contributed by atoms with Crippen LogP contribution in [-0.2, 0) is 19.1 Å². The Labute approximate surface area is 163 Å². The van der Waals surface area contributed by atoms with E-state index in [2.05, 4.69) is 5.32 Å². The van der Waals surface area contributed by atoms with E-state index in [1.165, 1.54) is 6.07 Å². The van der Waals surface area contributed by atoms with Crippen molar-refractivity contribution >= 4 is 24.8 Å². The molecule has 0 amide bonds. The van der Waals surface area contributed by atoms with Gasteiger partial charge in [-0.1, -0.05) is 48.5 Å². The smallest absolute Gasteiger partial charge is 0.390 e. The lowest BCUT2D eigenvalue weighted by atomic mass is 10.0. The lowest BCUT2D eigenvalue weighted by Gasteiger charge is -2.19. The number of aliphatic hydroxyl groups excluding tert-OH is 1. The summed E-state index contributed by atoms with van der Waals surface area (Å²) in [6, 6.07) is 14.3. The second-order valence-electron chi connectivity index (χ2n) is 5.75. The molecule has 8 heteroatoms. The molecule has 0 aliphatic heterocycles. The fraction of sp³-hybridized carbons (Fsp3) is 0.333. The molecule has 0 fully saturated rings. The van der Waals surface area contributed by atoms with Gasteiger partial charge in [-0.25, -0.2) is 0 Å². The summed E-state index contributed by atoms with van der Waals surface area (Å²) in [6.45, 7) is 0.448. The Morgan fingerprint density at radius 3 is 2.19 bits per heavy atom. The number of aliphatic hydroxyl groups is 1. The van der Waals surface area contributed by atoms with Crippen LogP contribution in [0, 0.1) is 0 Å². The molecule has 0 aliphatic rings. The highest BCUT2D eigenvalue weighted by Gasteiger charge is 2.30. The van der Waals surface area contributed by atoms with Crippen molar-refractivity contribution in [2.24, 2.45) is 5.73 Å². The third-order valence-corrected chi connectivity index (χ3v) is 3.75. The first-order chi connectivity index (χ1) is 11.4. The van der Waals surface area contributed by atoms with Gasteiger partial charge in [0.15, 0.2) is 0 Å². The molecule has 2 rings (SSSR count). The van der Waals surface area contributed by atoms with Gasteiger partial charge in [-0.3, -0.25) is 0 Å². The average molecular weight is 411 g/mol. The highest BCUT2D eigenvalue weighted by molar-refractivity contribution is 5.85. The van der Waals surface area contributed by atoms with Crippen molar-refractivity contribution in [2.45, 2.75) is 31.3 Å². The van der Waals surface area contributed by atoms with Crippen LogP contribution in [0.1, 0.15) is 16.7 Å². The Hall–Kier alpha value is -1.31. The van der Waals surface area contributed by atoms with Gasteiger partial charge in [0, 0.05) is 19.1 Å². The van der Waals surface area contributed by atoms with Gasteiger partial charge in [-0.15, -0.1) is 24.8 Å². The number of alkyl halides is 3. The quantitative estimate of drug-likeness (QED) is 0.653. The van der Waals surface area contributed by atoms with Crippen LogP contribution in [0.5, 0.6) is 0 Å². The maximum absolute atomic E-state index is 12.7. The molecular weight excluding hydrogens is 388 g/mol. The molecule has 4 N–H and O–H groups in total. The van der Waals surface area contributed by atoms with E-state index in [1.807, 2.05) is 30.3 Å². The van der Waals surface area contributed by atoms with E-state index in [0.29, 0.717) is 12.0 Å². The normalized spacial score (nSPS) is 13.3. The average Bonchev–Trinajstić information content (AvgIpc) is 2.55. The van der Waals surface area contributed by atoms with Crippen molar-refractivity contribution < 1.29 is 18.3 Å². The van der Waals surface area contributed by atoms with Gasteiger partial charge < -0.3 is 16.2 Å². The van der Waals surface area contributed by atoms with Gasteiger partial charge in [0.1, 0.15) is 0 Å². The van der Waals surface area contributed by atoms with E-state index in [4.69, 9.17) is 5.73 Å². The minimum absolute atomic E-state index is 0. The number of nitrogens with two attached hydrogens (primary N) is 1. The van der Waals surface area contributed by atoms with Crippen molar-refractivity contribution in [2.75, 3.05) is 6.54 Å². The number of benzene rings is 2. The molecule has 2 aromatic rings. The minimum atomic E-state index is -4.35. The summed E-state index contributed by atoms with van der Waals surface area (Å²) in [7, 11) is 0. The van der Waals surface area contributed by atoms with Crippen LogP contribution in [0.4, 0.5) is 13.2 Å². The number of rotatable bonds is 7. The Morgan fingerprint density at radius 2 is 1.58 bits per heavy atom. The van der Waals surface area contributed by atoms with Crippen molar-refractivity contribution in [1.29, 1.82) is 0 Å². The van der Waals surface area contributed by atoms with Crippen molar-refractivity contribution in [3.63, 3.8) is 0 Å². The van der Waals surface area contributed by atoms with Crippen LogP contribution in [0.2, 0.25) is 0 Å². The molecule has 26 heavy (non-hydrogen) atoms. The lowest BCUT2D eigenvalue weighted by molar-refractivity contribution is -0.137. The molecule has 0 aliphatic carbocycles. The van der Waals surface area contributed by atoms with E-state index in [1.54, 1.807) is 6.07 Å². The van der Waals surface area contributed by atoms with Crippen LogP contribution in [0.25, 0.3) is 0 Å². The maximum atomic E-state index is 12.7. The SMILES string of the molecule is Cl.Cl.N[C@@H](Cc1ccccc1)[C@H](O)CNCc1cccc(C(F)(F)F)c1. The van der Waals surface area contributed by atoms with Crippen LogP contribution in [0.3, 0.4) is 0 Å². The largest absolute Gasteiger partial charge is 0.416 e. The number of halogens is 5. The molecule has 0 unspecified atom stereocenters. The van der Waals surface area contributed by atoms with Crippen molar-refractivity contribution in [1.82, 2.24) is 5.32 Å². The molecule has 0 saturated carbocycles. The first-order valence-corrected chi connectivity index (χ1v) is 7.70. The molecule has 0 aromatic heterocycles. The van der Waals surface area contributed by atoms with E-state index in [-0.39, 0.29) is 37.9 Å². The molecular formula is C18H23Cl2F3N2O.